The van der Waals surface area contributed by atoms with Crippen LogP contribution in [0.5, 0.6) is 0 Å². The fourth-order valence-electron chi connectivity index (χ4n) is 1.02. The number of ether oxygens (including phenoxy) is 2. The van der Waals surface area contributed by atoms with Crippen LogP contribution in [0.25, 0.3) is 0 Å². The molecule has 86 valence electrons. The van der Waals surface area contributed by atoms with E-state index in [-0.39, 0.29) is 0 Å². The molecule has 0 heterocycles. The van der Waals surface area contributed by atoms with Gasteiger partial charge in [-0.3, -0.25) is 0 Å². The van der Waals surface area contributed by atoms with Gasteiger partial charge in [0.25, 0.3) is 0 Å². The zero-order valence-electron chi connectivity index (χ0n) is 9.84. The lowest BCUT2D eigenvalue weighted by molar-refractivity contribution is 0.0652. The van der Waals surface area contributed by atoms with Crippen molar-refractivity contribution in [1.82, 2.24) is 5.32 Å². The summed E-state index contributed by atoms with van der Waals surface area (Å²) in [5.74, 6) is 0. The molecule has 0 bridgehead atoms. The highest BCUT2D eigenvalue weighted by molar-refractivity contribution is 4.49. The van der Waals surface area contributed by atoms with E-state index in [1.165, 1.54) is 0 Å². The average molecular weight is 203 g/mol. The molecule has 0 aromatic heterocycles. The SMILES string of the molecule is CCOCCCNCCOC(C)CC. The van der Waals surface area contributed by atoms with Gasteiger partial charge in [0.2, 0.25) is 0 Å². The second-order valence-electron chi connectivity index (χ2n) is 3.39. The van der Waals surface area contributed by atoms with E-state index in [4.69, 9.17) is 9.47 Å². The molecule has 0 fully saturated rings. The smallest absolute Gasteiger partial charge is 0.0594 e. The molecule has 0 saturated heterocycles. The fraction of sp³-hybridized carbons (Fsp3) is 1.00. The Kier molecular flexibility index (Phi) is 10.9. The third-order valence-corrected chi connectivity index (χ3v) is 2.10. The first-order chi connectivity index (χ1) is 6.81. The van der Waals surface area contributed by atoms with Crippen LogP contribution in [0.4, 0.5) is 0 Å². The molecular weight excluding hydrogens is 178 g/mol. The summed E-state index contributed by atoms with van der Waals surface area (Å²) < 4.78 is 10.7. The molecule has 0 aliphatic carbocycles. The van der Waals surface area contributed by atoms with Gasteiger partial charge in [0, 0.05) is 19.8 Å². The molecule has 1 N–H and O–H groups in total. The van der Waals surface area contributed by atoms with E-state index < -0.39 is 0 Å². The van der Waals surface area contributed by atoms with Gasteiger partial charge in [0.15, 0.2) is 0 Å². The normalized spacial score (nSPS) is 13.1. The van der Waals surface area contributed by atoms with Crippen molar-refractivity contribution in [3.05, 3.63) is 0 Å². The summed E-state index contributed by atoms with van der Waals surface area (Å²) in [5, 5.41) is 3.32. The quantitative estimate of drug-likeness (QED) is 0.549. The first kappa shape index (κ1) is 13.9. The molecule has 0 aliphatic heterocycles. The third kappa shape index (κ3) is 9.96. The maximum atomic E-state index is 5.53. The van der Waals surface area contributed by atoms with Crippen molar-refractivity contribution < 1.29 is 9.47 Å². The number of hydrogen-bond acceptors (Lipinski definition) is 3. The van der Waals surface area contributed by atoms with Crippen LogP contribution in [0.1, 0.15) is 33.6 Å². The summed E-state index contributed by atoms with van der Waals surface area (Å²) in [6.45, 7) is 10.7. The summed E-state index contributed by atoms with van der Waals surface area (Å²) in [7, 11) is 0. The van der Waals surface area contributed by atoms with E-state index in [1.54, 1.807) is 0 Å². The Morgan fingerprint density at radius 3 is 2.57 bits per heavy atom. The van der Waals surface area contributed by atoms with E-state index in [0.29, 0.717) is 6.10 Å². The van der Waals surface area contributed by atoms with E-state index in [0.717, 1.165) is 45.8 Å². The van der Waals surface area contributed by atoms with Crippen molar-refractivity contribution in [2.75, 3.05) is 32.9 Å². The summed E-state index contributed by atoms with van der Waals surface area (Å²) in [6.07, 6.45) is 2.56. The van der Waals surface area contributed by atoms with Crippen molar-refractivity contribution in [3.63, 3.8) is 0 Å². The minimum Gasteiger partial charge on any atom is -0.382 e. The summed E-state index contributed by atoms with van der Waals surface area (Å²) in [6, 6.07) is 0. The van der Waals surface area contributed by atoms with E-state index in [2.05, 4.69) is 19.2 Å². The zero-order chi connectivity index (χ0) is 10.6. The average Bonchev–Trinajstić information content (AvgIpc) is 2.21. The van der Waals surface area contributed by atoms with Crippen molar-refractivity contribution >= 4 is 0 Å². The molecule has 3 heteroatoms. The minimum atomic E-state index is 0.389. The van der Waals surface area contributed by atoms with Crippen LogP contribution in [-0.2, 0) is 9.47 Å². The highest BCUT2D eigenvalue weighted by Crippen LogP contribution is 1.93. The highest BCUT2D eigenvalue weighted by atomic mass is 16.5. The van der Waals surface area contributed by atoms with Crippen molar-refractivity contribution in [1.29, 1.82) is 0 Å². The van der Waals surface area contributed by atoms with Crippen LogP contribution in [0.2, 0.25) is 0 Å². The van der Waals surface area contributed by atoms with Gasteiger partial charge in [-0.15, -0.1) is 0 Å². The molecule has 0 rings (SSSR count). The number of rotatable bonds is 10. The van der Waals surface area contributed by atoms with Crippen molar-refractivity contribution in [2.24, 2.45) is 0 Å². The maximum Gasteiger partial charge on any atom is 0.0594 e. The molecule has 0 amide bonds. The third-order valence-electron chi connectivity index (χ3n) is 2.10. The maximum absolute atomic E-state index is 5.53. The Morgan fingerprint density at radius 1 is 1.14 bits per heavy atom. The summed E-state index contributed by atoms with van der Waals surface area (Å²) in [5.41, 5.74) is 0. The Labute approximate surface area is 88.2 Å². The predicted molar refractivity (Wildman–Crippen MR) is 59.7 cm³/mol. The number of nitrogens with one attached hydrogen (secondary N) is 1. The van der Waals surface area contributed by atoms with Crippen LogP contribution < -0.4 is 5.32 Å². The Bertz CT molecular complexity index is 109. The molecule has 0 spiro atoms. The van der Waals surface area contributed by atoms with Gasteiger partial charge >= 0.3 is 0 Å². The van der Waals surface area contributed by atoms with Gasteiger partial charge in [-0.1, -0.05) is 6.92 Å². The summed E-state index contributed by atoms with van der Waals surface area (Å²) >= 11 is 0. The molecular formula is C11H25NO2. The topological polar surface area (TPSA) is 30.5 Å². The fourth-order valence-corrected chi connectivity index (χ4v) is 1.02. The van der Waals surface area contributed by atoms with E-state index in [1.807, 2.05) is 6.92 Å². The molecule has 0 aromatic carbocycles. The molecule has 0 aromatic rings. The first-order valence-corrected chi connectivity index (χ1v) is 5.71. The Hall–Kier alpha value is -0.120. The van der Waals surface area contributed by atoms with Gasteiger partial charge in [-0.25, -0.2) is 0 Å². The van der Waals surface area contributed by atoms with E-state index in [9.17, 15) is 0 Å². The Morgan fingerprint density at radius 2 is 1.93 bits per heavy atom. The molecule has 0 radical (unpaired) electrons. The monoisotopic (exact) mass is 203 g/mol. The van der Waals surface area contributed by atoms with Gasteiger partial charge in [0.1, 0.15) is 0 Å². The van der Waals surface area contributed by atoms with Gasteiger partial charge in [-0.05, 0) is 33.2 Å². The largest absolute Gasteiger partial charge is 0.382 e. The van der Waals surface area contributed by atoms with Crippen molar-refractivity contribution in [2.45, 2.75) is 39.7 Å². The van der Waals surface area contributed by atoms with E-state index >= 15 is 0 Å². The van der Waals surface area contributed by atoms with Crippen LogP contribution in [-0.4, -0.2) is 39.0 Å². The highest BCUT2D eigenvalue weighted by Gasteiger charge is 1.96. The lowest BCUT2D eigenvalue weighted by atomic mass is 10.3. The molecule has 3 nitrogen and oxygen atoms in total. The second-order valence-corrected chi connectivity index (χ2v) is 3.39. The molecule has 1 unspecified atom stereocenters. The van der Waals surface area contributed by atoms with Crippen LogP contribution in [0.3, 0.4) is 0 Å². The lowest BCUT2D eigenvalue weighted by Gasteiger charge is -2.10. The minimum absolute atomic E-state index is 0.389. The van der Waals surface area contributed by atoms with Crippen LogP contribution in [0, 0.1) is 0 Å². The van der Waals surface area contributed by atoms with Gasteiger partial charge in [0.05, 0.1) is 12.7 Å². The van der Waals surface area contributed by atoms with Crippen LogP contribution >= 0.6 is 0 Å². The molecule has 0 saturated carbocycles. The Balaban J connectivity index is 2.92. The van der Waals surface area contributed by atoms with Crippen LogP contribution in [0.15, 0.2) is 0 Å². The van der Waals surface area contributed by atoms with Gasteiger partial charge in [-0.2, -0.15) is 0 Å². The second kappa shape index (κ2) is 11.0. The molecule has 0 aliphatic rings. The summed E-state index contributed by atoms with van der Waals surface area (Å²) in [4.78, 5) is 0. The molecule has 1 atom stereocenters. The standard InChI is InChI=1S/C11H25NO2/c1-4-11(3)14-10-8-12-7-6-9-13-5-2/h11-12H,4-10H2,1-3H3. The predicted octanol–water partition coefficient (Wildman–Crippen LogP) is 1.82. The first-order valence-electron chi connectivity index (χ1n) is 5.71. The molecule has 14 heavy (non-hydrogen) atoms. The van der Waals surface area contributed by atoms with Crippen molar-refractivity contribution in [3.8, 4) is 0 Å². The zero-order valence-corrected chi connectivity index (χ0v) is 9.84. The van der Waals surface area contributed by atoms with Gasteiger partial charge < -0.3 is 14.8 Å². The lowest BCUT2D eigenvalue weighted by Crippen LogP contribution is -2.23. The number of hydrogen-bond donors (Lipinski definition) is 1.